The molecule has 3 aromatic rings. The normalized spacial score (nSPS) is 23.6. The lowest BCUT2D eigenvalue weighted by Crippen LogP contribution is -2.54. The van der Waals surface area contributed by atoms with Gasteiger partial charge in [-0.25, -0.2) is 9.18 Å². The molecule has 18 nitrogen and oxygen atoms in total. The van der Waals surface area contributed by atoms with Gasteiger partial charge in [0, 0.05) is 83.5 Å². The molecule has 6 aliphatic rings. The molecule has 0 aliphatic carbocycles. The average Bonchev–Trinajstić information content (AvgIpc) is 3.73. The zero-order valence-electron chi connectivity index (χ0n) is 34.7. The maximum Gasteiger partial charge on any atom is 0.320 e. The van der Waals surface area contributed by atoms with Crippen LogP contribution in [0.5, 0.6) is 0 Å². The van der Waals surface area contributed by atoms with E-state index in [0.29, 0.717) is 76.2 Å². The molecular weight excluding hydrogens is 800 g/mol. The highest BCUT2D eigenvalue weighted by Crippen LogP contribution is 2.36. The fourth-order valence-corrected chi connectivity index (χ4v) is 9.88. The number of benzene rings is 2. The fourth-order valence-electron chi connectivity index (χ4n) is 9.88. The van der Waals surface area contributed by atoms with Crippen LogP contribution in [-0.2, 0) is 9.59 Å². The number of imide groups is 2. The number of rotatable bonds is 10. The molecule has 7 heterocycles. The number of urea groups is 1. The SMILES string of the molecule is CN1CCN([C@@H]2CCCN(c3nnc(C(N)=O)c(Nc4ccc(C5CCN(CC6(F)CCN(c7ccc8c(c7)C(=O)N(C7CCC(=O)NC7=O)C8=O)CC6)CC5)cc4)n3)C2)C1=O. The van der Waals surface area contributed by atoms with Crippen molar-refractivity contribution in [1.82, 2.24) is 40.1 Å². The number of fused-ring (bicyclic) bond motifs is 1. The number of nitrogens with two attached hydrogens (primary N) is 1. The molecule has 5 fully saturated rings. The standard InChI is InChI=1S/C43H51FN12O6/c1-51-21-22-55(42(51)62)30-3-2-16-54(24-30)41-48-37(35(36(45)58)49-50-41)46-28-6-4-26(5-7-28)27-12-17-52(18-13-27)25-43(44)14-19-53(20-15-43)29-8-9-31-32(23-29)40(61)56(39(31)60)33-10-11-34(57)47-38(33)59/h4-9,23,27,30,33H,2-3,10-22,24-25H2,1H3,(H2,45,58)(H,46,48,50)(H,47,57,59)/t30-,33?/m1/s1. The van der Waals surface area contributed by atoms with E-state index in [1.165, 1.54) is 5.56 Å². The molecule has 4 N–H and O–H groups in total. The zero-order chi connectivity index (χ0) is 43.3. The van der Waals surface area contributed by atoms with Gasteiger partial charge < -0.3 is 35.6 Å². The van der Waals surface area contributed by atoms with Gasteiger partial charge in [-0.1, -0.05) is 12.1 Å². The molecule has 0 saturated carbocycles. The first-order chi connectivity index (χ1) is 29.8. The van der Waals surface area contributed by atoms with E-state index in [-0.39, 0.29) is 47.6 Å². The minimum atomic E-state index is -1.36. The predicted molar refractivity (Wildman–Crippen MR) is 225 cm³/mol. The van der Waals surface area contributed by atoms with Gasteiger partial charge in [-0.3, -0.25) is 34.2 Å². The van der Waals surface area contributed by atoms with Gasteiger partial charge in [0.2, 0.25) is 17.8 Å². The van der Waals surface area contributed by atoms with Crippen LogP contribution in [0.1, 0.15) is 94.1 Å². The Balaban J connectivity index is 0.767. The number of alkyl halides is 1. The lowest BCUT2D eigenvalue weighted by molar-refractivity contribution is -0.136. The lowest BCUT2D eigenvalue weighted by Gasteiger charge is -2.42. The Hall–Kier alpha value is -6.24. The number of carbonyl (C=O) groups excluding carboxylic acids is 6. The summed E-state index contributed by atoms with van der Waals surface area (Å²) < 4.78 is 16.4. The number of hydrogen-bond acceptors (Lipinski definition) is 13. The number of hydrogen-bond donors (Lipinski definition) is 3. The van der Waals surface area contributed by atoms with E-state index in [2.05, 4.69) is 42.8 Å². The molecule has 7 amide bonds. The third-order valence-electron chi connectivity index (χ3n) is 13.5. The summed E-state index contributed by atoms with van der Waals surface area (Å²) in [4.78, 5) is 91.1. The Kier molecular flexibility index (Phi) is 11.0. The summed E-state index contributed by atoms with van der Waals surface area (Å²) in [6.07, 6.45) is 4.31. The molecule has 19 heteroatoms. The van der Waals surface area contributed by atoms with Gasteiger partial charge in [-0.05, 0) is 87.0 Å². The van der Waals surface area contributed by atoms with Crippen LogP contribution in [0.25, 0.3) is 0 Å². The minimum Gasteiger partial charge on any atom is -0.371 e. The maximum absolute atomic E-state index is 16.4. The van der Waals surface area contributed by atoms with Gasteiger partial charge in [0.1, 0.15) is 11.7 Å². The Labute approximate surface area is 357 Å². The Morgan fingerprint density at radius 1 is 0.871 bits per heavy atom. The van der Waals surface area contributed by atoms with E-state index in [0.717, 1.165) is 49.4 Å². The van der Waals surface area contributed by atoms with Crippen molar-refractivity contribution in [3.05, 3.63) is 64.8 Å². The Morgan fingerprint density at radius 3 is 2.31 bits per heavy atom. The number of halogens is 1. The van der Waals surface area contributed by atoms with E-state index >= 15 is 4.39 Å². The van der Waals surface area contributed by atoms with Crippen molar-refractivity contribution in [1.29, 1.82) is 0 Å². The summed E-state index contributed by atoms with van der Waals surface area (Å²) >= 11 is 0. The van der Waals surface area contributed by atoms with Crippen LogP contribution >= 0.6 is 0 Å². The number of primary amides is 1. The number of nitrogens with zero attached hydrogens (tertiary/aromatic N) is 9. The molecule has 326 valence electrons. The van der Waals surface area contributed by atoms with Gasteiger partial charge in [-0.2, -0.15) is 4.98 Å². The molecule has 5 saturated heterocycles. The number of anilines is 4. The molecule has 9 rings (SSSR count). The first-order valence-corrected chi connectivity index (χ1v) is 21.5. The summed E-state index contributed by atoms with van der Waals surface area (Å²) in [5.41, 5.74) is 7.28. The van der Waals surface area contributed by atoms with E-state index in [4.69, 9.17) is 5.73 Å². The minimum absolute atomic E-state index is 0.0260. The van der Waals surface area contributed by atoms with Gasteiger partial charge in [0.25, 0.3) is 17.7 Å². The molecule has 2 atom stereocenters. The molecule has 0 radical (unpaired) electrons. The molecule has 1 aromatic heterocycles. The van der Waals surface area contributed by atoms with Crippen LogP contribution in [0.4, 0.5) is 32.3 Å². The second-order valence-electron chi connectivity index (χ2n) is 17.4. The van der Waals surface area contributed by atoms with Gasteiger partial charge >= 0.3 is 6.03 Å². The van der Waals surface area contributed by atoms with E-state index < -0.39 is 41.2 Å². The van der Waals surface area contributed by atoms with Crippen molar-refractivity contribution in [2.24, 2.45) is 5.73 Å². The van der Waals surface area contributed by atoms with Crippen LogP contribution in [0, 0.1) is 0 Å². The highest BCUT2D eigenvalue weighted by atomic mass is 19.1. The monoisotopic (exact) mass is 850 g/mol. The van der Waals surface area contributed by atoms with Crippen LogP contribution in [-0.4, -0.2) is 154 Å². The summed E-state index contributed by atoms with van der Waals surface area (Å²) in [5.74, 6) is -2.05. The molecule has 0 spiro atoms. The van der Waals surface area contributed by atoms with Gasteiger partial charge in [0.15, 0.2) is 11.5 Å². The highest BCUT2D eigenvalue weighted by Gasteiger charge is 2.45. The zero-order valence-corrected chi connectivity index (χ0v) is 34.7. The molecular formula is C43H51FN12O6. The highest BCUT2D eigenvalue weighted by molar-refractivity contribution is 6.23. The number of carbonyl (C=O) groups is 6. The van der Waals surface area contributed by atoms with Crippen LogP contribution in [0.3, 0.4) is 0 Å². The quantitative estimate of drug-likeness (QED) is 0.251. The van der Waals surface area contributed by atoms with Crippen LogP contribution in [0.15, 0.2) is 42.5 Å². The largest absolute Gasteiger partial charge is 0.371 e. The van der Waals surface area contributed by atoms with Crippen molar-refractivity contribution >= 4 is 58.7 Å². The Morgan fingerprint density at radius 2 is 1.61 bits per heavy atom. The second kappa shape index (κ2) is 16.6. The first kappa shape index (κ1) is 41.1. The number of likely N-dealkylation sites (tertiary alicyclic amines) is 1. The smallest absolute Gasteiger partial charge is 0.320 e. The van der Waals surface area contributed by atoms with Crippen molar-refractivity contribution in [3.8, 4) is 0 Å². The third kappa shape index (κ3) is 8.00. The molecule has 62 heavy (non-hydrogen) atoms. The molecule has 6 aliphatic heterocycles. The summed E-state index contributed by atoms with van der Waals surface area (Å²) in [6.45, 7) is 5.43. The van der Waals surface area contributed by atoms with Crippen molar-refractivity contribution in [3.63, 3.8) is 0 Å². The maximum atomic E-state index is 16.4. The number of aromatic nitrogens is 3. The first-order valence-electron chi connectivity index (χ1n) is 21.5. The van der Waals surface area contributed by atoms with E-state index in [1.807, 2.05) is 33.9 Å². The lowest BCUT2D eigenvalue weighted by atomic mass is 9.87. The van der Waals surface area contributed by atoms with Gasteiger partial charge in [-0.15, -0.1) is 10.2 Å². The third-order valence-corrected chi connectivity index (χ3v) is 13.5. The van der Waals surface area contributed by atoms with Gasteiger partial charge in [0.05, 0.1) is 17.2 Å². The van der Waals surface area contributed by atoms with Crippen LogP contribution in [0.2, 0.25) is 0 Å². The molecule has 1 unspecified atom stereocenters. The second-order valence-corrected chi connectivity index (χ2v) is 17.4. The number of likely N-dealkylation sites (N-methyl/N-ethyl adjacent to an activating group) is 1. The summed E-state index contributed by atoms with van der Waals surface area (Å²) in [6, 6.07) is 12.0. The molecule has 0 bridgehead atoms. The van der Waals surface area contributed by atoms with E-state index in [9.17, 15) is 28.8 Å². The molecule has 2 aromatic carbocycles. The van der Waals surface area contributed by atoms with Crippen LogP contribution < -0.4 is 26.2 Å². The van der Waals surface area contributed by atoms with Crippen molar-refractivity contribution in [2.45, 2.75) is 75.0 Å². The fraction of sp³-hybridized carbons (Fsp3) is 0.512. The average molecular weight is 851 g/mol. The number of amides is 7. The number of nitrogens with one attached hydrogen (secondary N) is 2. The van der Waals surface area contributed by atoms with Crippen molar-refractivity contribution < 1.29 is 33.2 Å². The summed E-state index contributed by atoms with van der Waals surface area (Å²) in [5, 5.41) is 13.8. The Bertz CT molecular complexity index is 2300. The predicted octanol–water partition coefficient (Wildman–Crippen LogP) is 2.64. The number of piperidine rings is 4. The van der Waals surface area contributed by atoms with E-state index in [1.54, 1.807) is 23.1 Å². The topological polar surface area (TPSA) is 211 Å². The van der Waals surface area contributed by atoms with Crippen molar-refractivity contribution in [2.75, 3.05) is 81.1 Å². The summed E-state index contributed by atoms with van der Waals surface area (Å²) in [7, 11) is 1.81.